The highest BCUT2D eigenvalue weighted by atomic mass is 19.3. The summed E-state index contributed by atoms with van der Waals surface area (Å²) in [7, 11) is 0. The Bertz CT molecular complexity index is 524. The van der Waals surface area contributed by atoms with E-state index in [0.717, 1.165) is 12.1 Å². The predicted octanol–water partition coefficient (Wildman–Crippen LogP) is 1.23. The van der Waals surface area contributed by atoms with Crippen molar-refractivity contribution in [3.8, 4) is 5.75 Å². The third-order valence-corrected chi connectivity index (χ3v) is 3.87. The smallest absolute Gasteiger partial charge is 0.387 e. The fraction of sp³-hybridized carbons (Fsp3) is 0.533. The summed E-state index contributed by atoms with van der Waals surface area (Å²) in [6, 6.07) is 6.61. The second-order valence-corrected chi connectivity index (χ2v) is 5.66. The molecular formula is C15H18F2N2O3. The van der Waals surface area contributed by atoms with Crippen LogP contribution in [0.1, 0.15) is 5.56 Å². The molecule has 2 aliphatic heterocycles. The lowest BCUT2D eigenvalue weighted by atomic mass is 10.1. The first-order valence-corrected chi connectivity index (χ1v) is 7.24. The Balaban J connectivity index is 1.64. The van der Waals surface area contributed by atoms with Crippen LogP contribution in [0.2, 0.25) is 0 Å². The molecule has 1 aromatic rings. The van der Waals surface area contributed by atoms with Crippen LogP contribution in [0, 0.1) is 5.92 Å². The molecule has 2 fully saturated rings. The van der Waals surface area contributed by atoms with Gasteiger partial charge < -0.3 is 14.8 Å². The molecule has 0 aromatic heterocycles. The molecule has 0 unspecified atom stereocenters. The minimum Gasteiger partial charge on any atom is -0.435 e. The summed E-state index contributed by atoms with van der Waals surface area (Å²) in [6.07, 6.45) is 0. The Labute approximate surface area is 127 Å². The number of rotatable bonds is 4. The molecule has 5 nitrogen and oxygen atoms in total. The topological polar surface area (TPSA) is 50.8 Å². The van der Waals surface area contributed by atoms with Gasteiger partial charge in [0.15, 0.2) is 0 Å². The summed E-state index contributed by atoms with van der Waals surface area (Å²) in [5.74, 6) is 0.0383. The van der Waals surface area contributed by atoms with E-state index in [1.807, 2.05) is 0 Å². The summed E-state index contributed by atoms with van der Waals surface area (Å²) < 4.78 is 34.1. The molecule has 2 bridgehead atoms. The van der Waals surface area contributed by atoms with E-state index >= 15 is 0 Å². The molecule has 7 heteroatoms. The summed E-state index contributed by atoms with van der Waals surface area (Å²) in [5.41, 5.74) is 0.995. The molecule has 0 radical (unpaired) electrons. The van der Waals surface area contributed by atoms with Crippen molar-refractivity contribution in [3.05, 3.63) is 29.8 Å². The molecule has 0 aliphatic carbocycles. The van der Waals surface area contributed by atoms with Gasteiger partial charge in [-0.05, 0) is 17.7 Å². The van der Waals surface area contributed by atoms with E-state index in [4.69, 9.17) is 4.74 Å². The zero-order valence-corrected chi connectivity index (χ0v) is 12.0. The van der Waals surface area contributed by atoms with Gasteiger partial charge in [0, 0.05) is 19.6 Å². The van der Waals surface area contributed by atoms with Crippen LogP contribution in [0.15, 0.2) is 24.3 Å². The van der Waals surface area contributed by atoms with Crippen LogP contribution in [-0.4, -0.2) is 49.8 Å². The molecule has 2 atom stereocenters. The van der Waals surface area contributed by atoms with Gasteiger partial charge in [-0.25, -0.2) is 0 Å². The Kier molecular flexibility index (Phi) is 4.54. The maximum absolute atomic E-state index is 12.1. The molecule has 1 aromatic carbocycles. The molecule has 0 saturated carbocycles. The van der Waals surface area contributed by atoms with Gasteiger partial charge in [-0.15, -0.1) is 0 Å². The van der Waals surface area contributed by atoms with Crippen LogP contribution >= 0.6 is 0 Å². The molecule has 0 spiro atoms. The lowest BCUT2D eigenvalue weighted by Crippen LogP contribution is -2.41. The first-order chi connectivity index (χ1) is 10.6. The van der Waals surface area contributed by atoms with Gasteiger partial charge in [-0.2, -0.15) is 8.78 Å². The highest BCUT2D eigenvalue weighted by Gasteiger charge is 2.33. The number of benzene rings is 1. The Morgan fingerprint density at radius 1 is 1.27 bits per heavy atom. The number of carbonyl (C=O) groups excluding carboxylic acids is 1. The third kappa shape index (κ3) is 3.72. The number of carbonyl (C=O) groups is 1. The molecule has 2 saturated heterocycles. The van der Waals surface area contributed by atoms with Crippen LogP contribution in [0.25, 0.3) is 0 Å². The number of fused-ring (bicyclic) bond motifs is 3. The molecule has 3 rings (SSSR count). The lowest BCUT2D eigenvalue weighted by Gasteiger charge is -2.27. The summed E-state index contributed by atoms with van der Waals surface area (Å²) in [4.78, 5) is 14.1. The highest BCUT2D eigenvalue weighted by molar-refractivity contribution is 5.79. The monoisotopic (exact) mass is 312 g/mol. The average Bonchev–Trinajstić information content (AvgIpc) is 2.69. The largest absolute Gasteiger partial charge is 0.435 e. The van der Waals surface area contributed by atoms with Gasteiger partial charge in [0.05, 0.1) is 25.2 Å². The standard InChI is InChI=1S/C15H18F2N2O3/c16-15(17)22-13-3-1-10(2-4-13)5-19-6-11-8-21-9-12(7-19)18-14(11)20/h1-4,11-12,15H,5-9H2,(H,18,20)/t11-,12+/m1/s1. The zero-order chi connectivity index (χ0) is 15.5. The van der Waals surface area contributed by atoms with Crippen LogP contribution < -0.4 is 10.1 Å². The number of halogens is 2. The van der Waals surface area contributed by atoms with Crippen molar-refractivity contribution in [2.24, 2.45) is 5.92 Å². The van der Waals surface area contributed by atoms with E-state index in [2.05, 4.69) is 15.0 Å². The van der Waals surface area contributed by atoms with E-state index in [1.54, 1.807) is 12.1 Å². The molecular weight excluding hydrogens is 294 g/mol. The van der Waals surface area contributed by atoms with Gasteiger partial charge in [-0.1, -0.05) is 12.1 Å². The van der Waals surface area contributed by atoms with Crippen molar-refractivity contribution in [1.29, 1.82) is 0 Å². The Hall–Kier alpha value is -1.73. The Morgan fingerprint density at radius 3 is 2.77 bits per heavy atom. The molecule has 1 amide bonds. The van der Waals surface area contributed by atoms with Crippen molar-refractivity contribution >= 4 is 5.91 Å². The van der Waals surface area contributed by atoms with Crippen LogP contribution in [0.5, 0.6) is 5.75 Å². The first kappa shape index (κ1) is 15.2. The van der Waals surface area contributed by atoms with E-state index in [0.29, 0.717) is 26.3 Å². The molecule has 1 N–H and O–H groups in total. The molecule has 2 aliphatic rings. The fourth-order valence-corrected chi connectivity index (χ4v) is 2.88. The van der Waals surface area contributed by atoms with Gasteiger partial charge in [0.1, 0.15) is 5.75 Å². The van der Waals surface area contributed by atoms with Crippen molar-refractivity contribution in [2.45, 2.75) is 19.2 Å². The second kappa shape index (κ2) is 6.58. The van der Waals surface area contributed by atoms with E-state index in [-0.39, 0.29) is 23.6 Å². The van der Waals surface area contributed by atoms with E-state index < -0.39 is 6.61 Å². The minimum atomic E-state index is -2.81. The normalized spacial score (nSPS) is 25.7. The van der Waals surface area contributed by atoms with Crippen molar-refractivity contribution in [1.82, 2.24) is 10.2 Å². The number of ether oxygens (including phenoxy) is 2. The lowest BCUT2D eigenvalue weighted by molar-refractivity contribution is -0.125. The van der Waals surface area contributed by atoms with Gasteiger partial charge in [0.25, 0.3) is 0 Å². The summed E-state index contributed by atoms with van der Waals surface area (Å²) in [5, 5.41) is 2.98. The molecule has 2 heterocycles. The number of hydrogen-bond acceptors (Lipinski definition) is 4. The van der Waals surface area contributed by atoms with Crippen LogP contribution in [-0.2, 0) is 16.1 Å². The second-order valence-electron chi connectivity index (χ2n) is 5.66. The maximum Gasteiger partial charge on any atom is 0.387 e. The van der Waals surface area contributed by atoms with Gasteiger partial charge in [0.2, 0.25) is 5.91 Å². The number of nitrogens with zero attached hydrogens (tertiary/aromatic N) is 1. The van der Waals surface area contributed by atoms with Crippen molar-refractivity contribution < 1.29 is 23.0 Å². The SMILES string of the molecule is O=C1N[C@@H]2COC[C@H]1CN(Cc1ccc(OC(F)F)cc1)C2. The number of nitrogens with one attached hydrogen (secondary N) is 1. The zero-order valence-electron chi connectivity index (χ0n) is 12.0. The number of amides is 1. The van der Waals surface area contributed by atoms with Crippen LogP contribution in [0.4, 0.5) is 8.78 Å². The number of hydrogen-bond donors (Lipinski definition) is 1. The molecule has 22 heavy (non-hydrogen) atoms. The third-order valence-electron chi connectivity index (χ3n) is 3.87. The summed E-state index contributed by atoms with van der Waals surface area (Å²) >= 11 is 0. The predicted molar refractivity (Wildman–Crippen MR) is 74.6 cm³/mol. The van der Waals surface area contributed by atoms with Gasteiger partial charge in [-0.3, -0.25) is 9.69 Å². The van der Waals surface area contributed by atoms with Gasteiger partial charge >= 0.3 is 6.61 Å². The van der Waals surface area contributed by atoms with E-state index in [9.17, 15) is 13.6 Å². The minimum absolute atomic E-state index is 0.00133. The molecule has 120 valence electrons. The van der Waals surface area contributed by atoms with Crippen molar-refractivity contribution in [2.75, 3.05) is 26.3 Å². The van der Waals surface area contributed by atoms with Crippen molar-refractivity contribution in [3.63, 3.8) is 0 Å². The average molecular weight is 312 g/mol. The van der Waals surface area contributed by atoms with E-state index in [1.165, 1.54) is 12.1 Å². The highest BCUT2D eigenvalue weighted by Crippen LogP contribution is 2.19. The fourth-order valence-electron chi connectivity index (χ4n) is 2.88. The quantitative estimate of drug-likeness (QED) is 0.909. The van der Waals surface area contributed by atoms with Crippen LogP contribution in [0.3, 0.4) is 0 Å². The Morgan fingerprint density at radius 2 is 2.05 bits per heavy atom. The number of alkyl halides is 2. The maximum atomic E-state index is 12.1. The summed E-state index contributed by atoms with van der Waals surface area (Å²) in [6.45, 7) is 0.180. The first-order valence-electron chi connectivity index (χ1n) is 7.24.